The molecule has 6 nitrogen and oxygen atoms in total. The lowest BCUT2D eigenvalue weighted by Gasteiger charge is -2.26. The number of nitrogens with zero attached hydrogens (tertiary/aromatic N) is 3. The van der Waals surface area contributed by atoms with Crippen LogP contribution in [0.2, 0.25) is 0 Å². The second-order valence-corrected chi connectivity index (χ2v) is 7.19. The van der Waals surface area contributed by atoms with Crippen molar-refractivity contribution in [3.05, 3.63) is 65.7 Å². The molecule has 0 spiro atoms. The molecule has 3 rings (SSSR count). The maximum Gasteiger partial charge on any atom is 0.193 e. The largest absolute Gasteiger partial charge is 0.492 e. The first kappa shape index (κ1) is 21.1. The van der Waals surface area contributed by atoms with Crippen LogP contribution in [-0.2, 0) is 17.8 Å². The van der Waals surface area contributed by atoms with Crippen LogP contribution < -0.4 is 10.1 Å². The van der Waals surface area contributed by atoms with Crippen molar-refractivity contribution in [3.63, 3.8) is 0 Å². The van der Waals surface area contributed by atoms with Gasteiger partial charge in [0.25, 0.3) is 0 Å². The molecule has 1 N–H and O–H groups in total. The van der Waals surface area contributed by atoms with Gasteiger partial charge in [-0.2, -0.15) is 0 Å². The number of hydrogen-bond acceptors (Lipinski definition) is 4. The number of nitrogens with one attached hydrogen (secondary N) is 1. The monoisotopic (exact) mass is 396 g/mol. The van der Waals surface area contributed by atoms with Crippen LogP contribution in [0.25, 0.3) is 0 Å². The van der Waals surface area contributed by atoms with Gasteiger partial charge < -0.3 is 19.7 Å². The summed E-state index contributed by atoms with van der Waals surface area (Å²) in [6, 6.07) is 18.6. The van der Waals surface area contributed by atoms with Crippen molar-refractivity contribution >= 4 is 5.96 Å². The number of likely N-dealkylation sites (N-methyl/N-ethyl adjacent to an activating group) is 1. The molecule has 1 aliphatic heterocycles. The van der Waals surface area contributed by atoms with Gasteiger partial charge in [-0.25, -0.2) is 0 Å². The zero-order valence-electron chi connectivity index (χ0n) is 17.5. The van der Waals surface area contributed by atoms with E-state index in [4.69, 9.17) is 9.47 Å². The van der Waals surface area contributed by atoms with Gasteiger partial charge in [-0.3, -0.25) is 9.89 Å². The molecule has 2 aromatic carbocycles. The number of benzene rings is 2. The molecule has 1 saturated heterocycles. The molecular weight excluding hydrogens is 364 g/mol. The number of rotatable bonds is 8. The predicted octanol–water partition coefficient (Wildman–Crippen LogP) is 2.61. The van der Waals surface area contributed by atoms with Crippen LogP contribution in [0, 0.1) is 0 Å². The van der Waals surface area contributed by atoms with Crippen molar-refractivity contribution in [2.45, 2.75) is 13.1 Å². The minimum absolute atomic E-state index is 0.607. The first-order chi connectivity index (χ1) is 14.2. The molecule has 0 atom stereocenters. The van der Waals surface area contributed by atoms with Crippen molar-refractivity contribution in [1.82, 2.24) is 15.1 Å². The summed E-state index contributed by atoms with van der Waals surface area (Å²) in [6.07, 6.45) is 0. The lowest BCUT2D eigenvalue weighted by molar-refractivity contribution is 0.0342. The summed E-state index contributed by atoms with van der Waals surface area (Å²) in [5.74, 6) is 1.75. The van der Waals surface area contributed by atoms with Crippen LogP contribution in [0.4, 0.5) is 0 Å². The Kier molecular flexibility index (Phi) is 8.34. The summed E-state index contributed by atoms with van der Waals surface area (Å²) in [7, 11) is 3.84. The molecular formula is C23H32N4O2. The van der Waals surface area contributed by atoms with E-state index in [1.54, 1.807) is 0 Å². The fraction of sp³-hybridized carbons (Fsp3) is 0.435. The molecule has 29 heavy (non-hydrogen) atoms. The summed E-state index contributed by atoms with van der Waals surface area (Å²) < 4.78 is 11.2. The van der Waals surface area contributed by atoms with Gasteiger partial charge in [-0.15, -0.1) is 0 Å². The van der Waals surface area contributed by atoms with Crippen molar-refractivity contribution < 1.29 is 9.47 Å². The molecule has 1 aliphatic rings. The van der Waals surface area contributed by atoms with E-state index in [1.807, 2.05) is 44.4 Å². The van der Waals surface area contributed by atoms with Gasteiger partial charge in [-0.1, -0.05) is 42.5 Å². The summed E-state index contributed by atoms with van der Waals surface area (Å²) in [5.41, 5.74) is 2.59. The first-order valence-electron chi connectivity index (χ1n) is 10.2. The third-order valence-electron chi connectivity index (χ3n) is 4.96. The SMILES string of the molecule is CN=C(NCc1cccc(CN2CCOCC2)c1)N(C)CCOc1ccccc1. The minimum Gasteiger partial charge on any atom is -0.492 e. The average Bonchev–Trinajstić information content (AvgIpc) is 2.76. The van der Waals surface area contributed by atoms with E-state index in [1.165, 1.54) is 11.1 Å². The Labute approximate surface area is 174 Å². The Morgan fingerprint density at radius 1 is 1.10 bits per heavy atom. The Morgan fingerprint density at radius 2 is 1.86 bits per heavy atom. The van der Waals surface area contributed by atoms with E-state index in [0.717, 1.165) is 57.6 Å². The van der Waals surface area contributed by atoms with Crippen LogP contribution in [0.5, 0.6) is 5.75 Å². The summed E-state index contributed by atoms with van der Waals surface area (Å²) >= 11 is 0. The van der Waals surface area contributed by atoms with Gasteiger partial charge in [0.2, 0.25) is 0 Å². The van der Waals surface area contributed by atoms with E-state index in [9.17, 15) is 0 Å². The number of hydrogen-bond donors (Lipinski definition) is 1. The van der Waals surface area contributed by atoms with E-state index >= 15 is 0 Å². The van der Waals surface area contributed by atoms with Crippen LogP contribution in [-0.4, -0.2) is 69.3 Å². The Morgan fingerprint density at radius 3 is 2.62 bits per heavy atom. The maximum absolute atomic E-state index is 5.78. The van der Waals surface area contributed by atoms with Crippen LogP contribution in [0.1, 0.15) is 11.1 Å². The predicted molar refractivity (Wildman–Crippen MR) is 117 cm³/mol. The van der Waals surface area contributed by atoms with Crippen LogP contribution in [0.3, 0.4) is 0 Å². The van der Waals surface area contributed by atoms with Gasteiger partial charge in [0, 0.05) is 40.3 Å². The highest BCUT2D eigenvalue weighted by Crippen LogP contribution is 2.10. The molecule has 0 aliphatic carbocycles. The zero-order chi connectivity index (χ0) is 20.3. The number of ether oxygens (including phenoxy) is 2. The Hall–Kier alpha value is -2.57. The lowest BCUT2D eigenvalue weighted by Crippen LogP contribution is -2.40. The number of guanidine groups is 1. The second-order valence-electron chi connectivity index (χ2n) is 7.19. The molecule has 0 bridgehead atoms. The van der Waals surface area contributed by atoms with Crippen molar-refractivity contribution in [1.29, 1.82) is 0 Å². The molecule has 2 aromatic rings. The zero-order valence-corrected chi connectivity index (χ0v) is 17.5. The Bertz CT molecular complexity index is 760. The summed E-state index contributed by atoms with van der Waals surface area (Å²) in [6.45, 7) is 6.75. The van der Waals surface area contributed by atoms with Crippen LogP contribution in [0.15, 0.2) is 59.6 Å². The molecule has 1 fully saturated rings. The summed E-state index contributed by atoms with van der Waals surface area (Å²) in [4.78, 5) is 8.92. The molecule has 0 radical (unpaired) electrons. The van der Waals surface area contributed by atoms with E-state index < -0.39 is 0 Å². The molecule has 6 heteroatoms. The highest BCUT2D eigenvalue weighted by molar-refractivity contribution is 5.79. The standard InChI is InChI=1S/C23H32N4O2/c1-24-23(26(2)11-16-29-22-9-4-3-5-10-22)25-18-20-7-6-8-21(17-20)19-27-12-14-28-15-13-27/h3-10,17H,11-16,18-19H2,1-2H3,(H,24,25). The third kappa shape index (κ3) is 7.07. The third-order valence-corrected chi connectivity index (χ3v) is 4.96. The normalized spacial score (nSPS) is 15.2. The minimum atomic E-state index is 0.607. The molecule has 0 aromatic heterocycles. The molecule has 0 saturated carbocycles. The van der Waals surface area contributed by atoms with Gasteiger partial charge in [0.15, 0.2) is 5.96 Å². The quantitative estimate of drug-likeness (QED) is 0.549. The van der Waals surface area contributed by atoms with Gasteiger partial charge in [0.1, 0.15) is 12.4 Å². The number of para-hydroxylation sites is 1. The van der Waals surface area contributed by atoms with Crippen molar-refractivity contribution in [3.8, 4) is 5.75 Å². The van der Waals surface area contributed by atoms with Gasteiger partial charge in [0.05, 0.1) is 19.8 Å². The lowest BCUT2D eigenvalue weighted by atomic mass is 10.1. The fourth-order valence-corrected chi connectivity index (χ4v) is 3.34. The smallest absolute Gasteiger partial charge is 0.193 e. The molecule has 156 valence electrons. The van der Waals surface area contributed by atoms with Crippen molar-refractivity contribution in [2.24, 2.45) is 4.99 Å². The molecule has 0 amide bonds. The number of morpholine rings is 1. The van der Waals surface area contributed by atoms with Crippen LogP contribution >= 0.6 is 0 Å². The number of aliphatic imine (C=N–C) groups is 1. The van der Waals surface area contributed by atoms with E-state index in [0.29, 0.717) is 6.61 Å². The average molecular weight is 397 g/mol. The van der Waals surface area contributed by atoms with E-state index in [-0.39, 0.29) is 0 Å². The highest BCUT2D eigenvalue weighted by Gasteiger charge is 2.11. The second kappa shape index (κ2) is 11.4. The van der Waals surface area contributed by atoms with Gasteiger partial charge in [-0.05, 0) is 23.3 Å². The molecule has 1 heterocycles. The maximum atomic E-state index is 5.78. The first-order valence-corrected chi connectivity index (χ1v) is 10.2. The van der Waals surface area contributed by atoms with Gasteiger partial charge >= 0.3 is 0 Å². The van der Waals surface area contributed by atoms with Crippen molar-refractivity contribution in [2.75, 3.05) is 53.6 Å². The van der Waals surface area contributed by atoms with E-state index in [2.05, 4.69) is 44.4 Å². The Balaban J connectivity index is 1.45. The topological polar surface area (TPSA) is 49.3 Å². The highest BCUT2D eigenvalue weighted by atomic mass is 16.5. The fourth-order valence-electron chi connectivity index (χ4n) is 3.34. The summed E-state index contributed by atoms with van der Waals surface area (Å²) in [5, 5.41) is 3.45. The molecule has 0 unspecified atom stereocenters.